The second-order valence-corrected chi connectivity index (χ2v) is 4.75. The van der Waals surface area contributed by atoms with E-state index < -0.39 is 13.0 Å². The van der Waals surface area contributed by atoms with Gasteiger partial charge in [0.15, 0.2) is 0 Å². The van der Waals surface area contributed by atoms with Crippen LogP contribution in [0.5, 0.6) is 0 Å². The highest BCUT2D eigenvalue weighted by atomic mass is 19.3. The molecule has 0 spiro atoms. The molecule has 0 atom stereocenters. The number of benzene rings is 1. The highest BCUT2D eigenvalue weighted by Gasteiger charge is 2.02. The largest absolute Gasteiger partial charge is 0.371 e. The highest BCUT2D eigenvalue weighted by molar-refractivity contribution is 5.21. The lowest BCUT2D eigenvalue weighted by Gasteiger charge is -2.08. The van der Waals surface area contributed by atoms with Gasteiger partial charge in [-0.3, -0.25) is 0 Å². The molecule has 0 radical (unpaired) electrons. The van der Waals surface area contributed by atoms with E-state index in [1.54, 1.807) is 0 Å². The number of ether oxygens (including phenoxy) is 1. The van der Waals surface area contributed by atoms with Crippen LogP contribution < -0.4 is 5.32 Å². The molecule has 2 nitrogen and oxygen atoms in total. The molecular weight excluding hydrogens is 236 g/mol. The normalized spacial score (nSPS) is 11.4. The van der Waals surface area contributed by atoms with Gasteiger partial charge in [0.25, 0.3) is 6.43 Å². The van der Waals surface area contributed by atoms with Crippen LogP contribution in [0.3, 0.4) is 0 Å². The van der Waals surface area contributed by atoms with Crippen LogP contribution in [0.1, 0.15) is 25.0 Å². The van der Waals surface area contributed by atoms with Crippen molar-refractivity contribution in [1.82, 2.24) is 5.32 Å². The van der Waals surface area contributed by atoms with Crippen LogP contribution in [0.15, 0.2) is 24.3 Å². The maximum atomic E-state index is 11.9. The van der Waals surface area contributed by atoms with Gasteiger partial charge in [0, 0.05) is 6.54 Å². The number of nitrogens with one attached hydrogen (secondary N) is 1. The van der Waals surface area contributed by atoms with Crippen molar-refractivity contribution in [2.75, 3.05) is 13.2 Å². The average molecular weight is 257 g/mol. The molecule has 0 aliphatic heterocycles. The van der Waals surface area contributed by atoms with Crippen molar-refractivity contribution in [3.8, 4) is 0 Å². The number of alkyl halides is 2. The summed E-state index contributed by atoms with van der Waals surface area (Å²) in [4.78, 5) is 0. The van der Waals surface area contributed by atoms with Gasteiger partial charge in [-0.2, -0.15) is 0 Å². The fourth-order valence-corrected chi connectivity index (χ4v) is 1.52. The van der Waals surface area contributed by atoms with Crippen molar-refractivity contribution in [2.24, 2.45) is 5.92 Å². The smallest absolute Gasteiger partial charge is 0.261 e. The van der Waals surface area contributed by atoms with Gasteiger partial charge >= 0.3 is 0 Å². The zero-order chi connectivity index (χ0) is 13.4. The monoisotopic (exact) mass is 257 g/mol. The second kappa shape index (κ2) is 8.16. The molecule has 0 heterocycles. The lowest BCUT2D eigenvalue weighted by atomic mass is 10.1. The summed E-state index contributed by atoms with van der Waals surface area (Å²) in [6.45, 7) is 5.88. The van der Waals surface area contributed by atoms with E-state index in [1.807, 2.05) is 24.3 Å². The minimum Gasteiger partial charge on any atom is -0.371 e. The first kappa shape index (κ1) is 15.1. The predicted molar refractivity (Wildman–Crippen MR) is 68.6 cm³/mol. The molecule has 1 rings (SSSR count). The van der Waals surface area contributed by atoms with E-state index in [2.05, 4.69) is 19.2 Å². The van der Waals surface area contributed by atoms with Crippen LogP contribution in [0.4, 0.5) is 8.78 Å². The first-order valence-corrected chi connectivity index (χ1v) is 6.22. The zero-order valence-corrected chi connectivity index (χ0v) is 11.0. The summed E-state index contributed by atoms with van der Waals surface area (Å²) < 4.78 is 28.6. The standard InChI is InChI=1S/C14H21F2NO/c1-11(2)7-17-8-12-3-5-13(6-4-12)9-18-10-14(15)16/h3-6,11,14,17H,7-10H2,1-2H3. The van der Waals surface area contributed by atoms with Crippen molar-refractivity contribution in [1.29, 1.82) is 0 Å². The molecule has 0 aromatic heterocycles. The van der Waals surface area contributed by atoms with Crippen LogP contribution in [0.25, 0.3) is 0 Å². The Bertz CT molecular complexity index is 292. The minimum absolute atomic E-state index is 0.240. The van der Waals surface area contributed by atoms with Gasteiger partial charge in [-0.25, -0.2) is 8.78 Å². The van der Waals surface area contributed by atoms with E-state index >= 15 is 0 Å². The maximum Gasteiger partial charge on any atom is 0.261 e. The number of hydrogen-bond donors (Lipinski definition) is 1. The molecule has 0 aliphatic rings. The summed E-state index contributed by atoms with van der Waals surface area (Å²) in [5, 5.41) is 3.35. The highest BCUT2D eigenvalue weighted by Crippen LogP contribution is 2.07. The van der Waals surface area contributed by atoms with Crippen LogP contribution >= 0.6 is 0 Å². The van der Waals surface area contributed by atoms with Crippen molar-refractivity contribution >= 4 is 0 Å². The minimum atomic E-state index is -2.40. The fourth-order valence-electron chi connectivity index (χ4n) is 1.52. The molecular formula is C14H21F2NO. The topological polar surface area (TPSA) is 21.3 Å². The van der Waals surface area contributed by atoms with Crippen molar-refractivity contribution in [3.05, 3.63) is 35.4 Å². The van der Waals surface area contributed by atoms with Gasteiger partial charge in [-0.1, -0.05) is 38.1 Å². The van der Waals surface area contributed by atoms with Gasteiger partial charge < -0.3 is 10.1 Å². The molecule has 0 saturated carbocycles. The van der Waals surface area contributed by atoms with Crippen molar-refractivity contribution in [2.45, 2.75) is 33.4 Å². The van der Waals surface area contributed by atoms with Crippen LogP contribution in [0.2, 0.25) is 0 Å². The Hall–Kier alpha value is -1.00. The van der Waals surface area contributed by atoms with E-state index in [1.165, 1.54) is 5.56 Å². The quantitative estimate of drug-likeness (QED) is 0.772. The van der Waals surface area contributed by atoms with Crippen LogP contribution in [0, 0.1) is 5.92 Å². The van der Waals surface area contributed by atoms with E-state index in [0.29, 0.717) is 5.92 Å². The lowest BCUT2D eigenvalue weighted by molar-refractivity contribution is 0.00987. The molecule has 0 bridgehead atoms. The Labute approximate surface area is 107 Å². The van der Waals surface area contributed by atoms with E-state index in [0.717, 1.165) is 18.7 Å². The molecule has 4 heteroatoms. The number of halogens is 2. The fraction of sp³-hybridized carbons (Fsp3) is 0.571. The third-order valence-corrected chi connectivity index (χ3v) is 2.42. The predicted octanol–water partition coefficient (Wildman–Crippen LogP) is 3.21. The number of rotatable bonds is 8. The van der Waals surface area contributed by atoms with E-state index in [4.69, 9.17) is 4.74 Å². The molecule has 1 N–H and O–H groups in total. The maximum absolute atomic E-state index is 11.9. The summed E-state index contributed by atoms with van der Waals surface area (Å²) in [7, 11) is 0. The summed E-state index contributed by atoms with van der Waals surface area (Å²) in [5.74, 6) is 0.632. The van der Waals surface area contributed by atoms with Gasteiger partial charge in [0.2, 0.25) is 0 Å². The summed E-state index contributed by atoms with van der Waals surface area (Å²) in [6.07, 6.45) is -2.40. The summed E-state index contributed by atoms with van der Waals surface area (Å²) >= 11 is 0. The van der Waals surface area contributed by atoms with Crippen molar-refractivity contribution in [3.63, 3.8) is 0 Å². The summed E-state index contributed by atoms with van der Waals surface area (Å²) in [5.41, 5.74) is 2.11. The van der Waals surface area contributed by atoms with Gasteiger partial charge in [-0.05, 0) is 23.6 Å². The van der Waals surface area contributed by atoms with Crippen LogP contribution in [-0.4, -0.2) is 19.6 Å². The summed E-state index contributed by atoms with van der Waals surface area (Å²) in [6, 6.07) is 7.82. The third kappa shape index (κ3) is 6.67. The Morgan fingerprint density at radius 2 is 1.72 bits per heavy atom. The molecule has 0 aliphatic carbocycles. The molecule has 0 amide bonds. The molecule has 18 heavy (non-hydrogen) atoms. The Morgan fingerprint density at radius 1 is 1.11 bits per heavy atom. The molecule has 0 unspecified atom stereocenters. The molecule has 1 aromatic carbocycles. The first-order valence-electron chi connectivity index (χ1n) is 6.22. The zero-order valence-electron chi connectivity index (χ0n) is 11.0. The SMILES string of the molecule is CC(C)CNCc1ccc(COCC(F)F)cc1. The average Bonchev–Trinajstić information content (AvgIpc) is 2.30. The van der Waals surface area contributed by atoms with Gasteiger partial charge in [0.1, 0.15) is 6.61 Å². The van der Waals surface area contributed by atoms with E-state index in [9.17, 15) is 8.78 Å². The Balaban J connectivity index is 2.28. The van der Waals surface area contributed by atoms with Gasteiger partial charge in [-0.15, -0.1) is 0 Å². The Morgan fingerprint density at radius 3 is 2.28 bits per heavy atom. The molecule has 0 fully saturated rings. The van der Waals surface area contributed by atoms with E-state index in [-0.39, 0.29) is 6.61 Å². The Kier molecular flexibility index (Phi) is 6.83. The molecule has 102 valence electrons. The lowest BCUT2D eigenvalue weighted by Crippen LogP contribution is -2.18. The third-order valence-electron chi connectivity index (χ3n) is 2.42. The number of hydrogen-bond acceptors (Lipinski definition) is 2. The van der Waals surface area contributed by atoms with Crippen molar-refractivity contribution < 1.29 is 13.5 Å². The molecule has 1 aromatic rings. The first-order chi connectivity index (χ1) is 8.58. The molecule has 0 saturated heterocycles. The van der Waals surface area contributed by atoms with Gasteiger partial charge in [0.05, 0.1) is 6.61 Å². The van der Waals surface area contributed by atoms with Crippen LogP contribution in [-0.2, 0) is 17.9 Å². The second-order valence-electron chi connectivity index (χ2n) is 4.75.